The number of aromatic nitrogens is 2. The summed E-state index contributed by atoms with van der Waals surface area (Å²) in [6.45, 7) is 0. The molecule has 4 nitrogen and oxygen atoms in total. The van der Waals surface area contributed by atoms with Crippen LogP contribution >= 0.6 is 23.2 Å². The summed E-state index contributed by atoms with van der Waals surface area (Å²) in [7, 11) is 0. The molecule has 0 unspecified atom stereocenters. The van der Waals surface area contributed by atoms with E-state index in [4.69, 9.17) is 27.6 Å². The summed E-state index contributed by atoms with van der Waals surface area (Å²) < 4.78 is 5.91. The molecule has 0 aliphatic rings. The minimum Gasteiger partial charge on any atom is -0.461 e. The van der Waals surface area contributed by atoms with E-state index >= 15 is 0 Å². The predicted octanol–water partition coefficient (Wildman–Crippen LogP) is 5.08. The summed E-state index contributed by atoms with van der Waals surface area (Å²) in [6.07, 6.45) is 0.461. The standard InChI is InChI=1S/C19H12Cl2N2O2/c20-11-5-7-15(16(21)9-11)18-8-6-12(25-18)10-17-13-3-1-2-4-14(13)19(24)23-22-17/h1-9H,10H2,(H,23,24). The second kappa shape index (κ2) is 6.39. The highest BCUT2D eigenvalue weighted by atomic mass is 35.5. The molecule has 6 heteroatoms. The molecule has 0 atom stereocenters. The Hall–Kier alpha value is -2.56. The molecule has 0 bridgehead atoms. The highest BCUT2D eigenvalue weighted by Gasteiger charge is 2.12. The van der Waals surface area contributed by atoms with Crippen LogP contribution in [-0.2, 0) is 6.42 Å². The Labute approximate surface area is 153 Å². The summed E-state index contributed by atoms with van der Waals surface area (Å²) in [6, 6.07) is 16.4. The fourth-order valence-corrected chi connectivity index (χ4v) is 3.28. The van der Waals surface area contributed by atoms with Crippen LogP contribution in [0.4, 0.5) is 0 Å². The molecule has 2 heterocycles. The topological polar surface area (TPSA) is 58.9 Å². The van der Waals surface area contributed by atoms with Gasteiger partial charge in [0.15, 0.2) is 0 Å². The average Bonchev–Trinajstić information content (AvgIpc) is 3.06. The number of aromatic amines is 1. The zero-order valence-electron chi connectivity index (χ0n) is 12.9. The van der Waals surface area contributed by atoms with E-state index < -0.39 is 0 Å². The second-order valence-electron chi connectivity index (χ2n) is 5.61. The van der Waals surface area contributed by atoms with Crippen LogP contribution in [0.15, 0.2) is 63.8 Å². The van der Waals surface area contributed by atoms with Crippen LogP contribution in [0.25, 0.3) is 22.1 Å². The van der Waals surface area contributed by atoms with E-state index in [-0.39, 0.29) is 5.56 Å². The third kappa shape index (κ3) is 3.06. The zero-order valence-corrected chi connectivity index (χ0v) is 14.4. The third-order valence-corrected chi connectivity index (χ3v) is 4.52. The summed E-state index contributed by atoms with van der Waals surface area (Å²) in [5.74, 6) is 1.39. The van der Waals surface area contributed by atoms with Gasteiger partial charge < -0.3 is 4.42 Å². The Morgan fingerprint density at radius 2 is 1.80 bits per heavy atom. The van der Waals surface area contributed by atoms with Crippen LogP contribution in [0.5, 0.6) is 0 Å². The van der Waals surface area contributed by atoms with Gasteiger partial charge in [0.2, 0.25) is 0 Å². The number of nitrogens with zero attached hydrogens (tertiary/aromatic N) is 1. The molecule has 0 amide bonds. The van der Waals surface area contributed by atoms with Crippen molar-refractivity contribution in [2.45, 2.75) is 6.42 Å². The van der Waals surface area contributed by atoms with E-state index in [0.29, 0.717) is 27.6 Å². The van der Waals surface area contributed by atoms with Gasteiger partial charge >= 0.3 is 0 Å². The number of furan rings is 1. The molecule has 4 aromatic rings. The number of H-pyrrole nitrogens is 1. The summed E-state index contributed by atoms with van der Waals surface area (Å²) >= 11 is 12.2. The van der Waals surface area contributed by atoms with Crippen LogP contribution < -0.4 is 5.56 Å². The Bertz CT molecular complexity index is 1130. The van der Waals surface area contributed by atoms with Crippen molar-refractivity contribution >= 4 is 34.0 Å². The van der Waals surface area contributed by atoms with E-state index in [0.717, 1.165) is 22.4 Å². The van der Waals surface area contributed by atoms with Gasteiger partial charge in [0.25, 0.3) is 5.56 Å². The first-order valence-corrected chi connectivity index (χ1v) is 8.38. The van der Waals surface area contributed by atoms with Gasteiger partial charge in [-0.2, -0.15) is 5.10 Å². The van der Waals surface area contributed by atoms with Crippen LogP contribution in [0.3, 0.4) is 0 Å². The van der Waals surface area contributed by atoms with Crippen molar-refractivity contribution in [1.82, 2.24) is 10.2 Å². The molecule has 124 valence electrons. The van der Waals surface area contributed by atoms with Crippen molar-refractivity contribution in [3.05, 3.63) is 86.5 Å². The molecule has 0 radical (unpaired) electrons. The summed E-state index contributed by atoms with van der Waals surface area (Å²) in [5, 5.41) is 9.23. The van der Waals surface area contributed by atoms with Crippen molar-refractivity contribution in [3.63, 3.8) is 0 Å². The Kier molecular flexibility index (Phi) is 4.07. The molecule has 0 fully saturated rings. The molecule has 0 saturated carbocycles. The maximum absolute atomic E-state index is 11.9. The molecule has 25 heavy (non-hydrogen) atoms. The van der Waals surface area contributed by atoms with Gasteiger partial charge in [-0.25, -0.2) is 5.10 Å². The van der Waals surface area contributed by atoms with Gasteiger partial charge in [-0.1, -0.05) is 41.4 Å². The smallest absolute Gasteiger partial charge is 0.272 e. The van der Waals surface area contributed by atoms with Gasteiger partial charge in [0.1, 0.15) is 11.5 Å². The molecular formula is C19H12Cl2N2O2. The number of nitrogens with one attached hydrogen (secondary N) is 1. The Morgan fingerprint density at radius 3 is 2.60 bits per heavy atom. The average molecular weight is 371 g/mol. The van der Waals surface area contributed by atoms with Gasteiger partial charge in [0, 0.05) is 16.0 Å². The number of halogens is 2. The molecule has 0 aliphatic heterocycles. The van der Waals surface area contributed by atoms with Crippen LogP contribution in [0, 0.1) is 0 Å². The van der Waals surface area contributed by atoms with E-state index in [2.05, 4.69) is 10.2 Å². The first-order chi connectivity index (χ1) is 12.1. The van der Waals surface area contributed by atoms with Crippen LogP contribution in [-0.4, -0.2) is 10.2 Å². The predicted molar refractivity (Wildman–Crippen MR) is 99.3 cm³/mol. The van der Waals surface area contributed by atoms with E-state index in [1.54, 1.807) is 18.2 Å². The molecule has 2 aromatic heterocycles. The highest BCUT2D eigenvalue weighted by molar-refractivity contribution is 6.36. The normalized spacial score (nSPS) is 11.1. The first kappa shape index (κ1) is 15.9. The summed E-state index contributed by atoms with van der Waals surface area (Å²) in [5.41, 5.74) is 1.32. The summed E-state index contributed by atoms with van der Waals surface area (Å²) in [4.78, 5) is 11.9. The lowest BCUT2D eigenvalue weighted by atomic mass is 10.1. The number of fused-ring (bicyclic) bond motifs is 1. The number of hydrogen-bond acceptors (Lipinski definition) is 3. The number of hydrogen-bond donors (Lipinski definition) is 1. The van der Waals surface area contributed by atoms with E-state index in [1.165, 1.54) is 0 Å². The molecule has 4 rings (SSSR count). The van der Waals surface area contributed by atoms with Crippen LogP contribution in [0.2, 0.25) is 10.0 Å². The second-order valence-corrected chi connectivity index (χ2v) is 6.46. The van der Waals surface area contributed by atoms with E-state index in [9.17, 15) is 4.79 Å². The van der Waals surface area contributed by atoms with Crippen molar-refractivity contribution in [2.24, 2.45) is 0 Å². The van der Waals surface area contributed by atoms with Gasteiger partial charge in [-0.05, 0) is 36.4 Å². The minimum absolute atomic E-state index is 0.201. The fourth-order valence-electron chi connectivity index (χ4n) is 2.78. The highest BCUT2D eigenvalue weighted by Crippen LogP contribution is 2.32. The molecule has 0 aliphatic carbocycles. The fraction of sp³-hybridized carbons (Fsp3) is 0.0526. The van der Waals surface area contributed by atoms with Crippen molar-refractivity contribution in [1.29, 1.82) is 0 Å². The minimum atomic E-state index is -0.201. The molecule has 2 aromatic carbocycles. The molecular weight excluding hydrogens is 359 g/mol. The number of rotatable bonds is 3. The van der Waals surface area contributed by atoms with Crippen molar-refractivity contribution in [2.75, 3.05) is 0 Å². The molecule has 0 spiro atoms. The zero-order chi connectivity index (χ0) is 17.4. The number of benzene rings is 2. The quantitative estimate of drug-likeness (QED) is 0.546. The molecule has 0 saturated heterocycles. The van der Waals surface area contributed by atoms with Gasteiger partial charge in [-0.15, -0.1) is 0 Å². The maximum atomic E-state index is 11.9. The van der Waals surface area contributed by atoms with Crippen LogP contribution in [0.1, 0.15) is 11.5 Å². The SMILES string of the molecule is O=c1[nH]nc(Cc2ccc(-c3ccc(Cl)cc3Cl)o2)c2ccccc12. The van der Waals surface area contributed by atoms with Gasteiger partial charge in [-0.3, -0.25) is 4.79 Å². The lowest BCUT2D eigenvalue weighted by Crippen LogP contribution is -2.11. The molecule has 1 N–H and O–H groups in total. The lowest BCUT2D eigenvalue weighted by molar-refractivity contribution is 0.532. The van der Waals surface area contributed by atoms with Crippen molar-refractivity contribution < 1.29 is 4.42 Å². The van der Waals surface area contributed by atoms with Gasteiger partial charge in [0.05, 0.1) is 22.5 Å². The third-order valence-electron chi connectivity index (χ3n) is 3.97. The Morgan fingerprint density at radius 1 is 1.00 bits per heavy atom. The lowest BCUT2D eigenvalue weighted by Gasteiger charge is -2.04. The maximum Gasteiger partial charge on any atom is 0.272 e. The Balaban J connectivity index is 1.70. The monoisotopic (exact) mass is 370 g/mol. The largest absolute Gasteiger partial charge is 0.461 e. The van der Waals surface area contributed by atoms with Crippen molar-refractivity contribution in [3.8, 4) is 11.3 Å². The van der Waals surface area contributed by atoms with E-state index in [1.807, 2.05) is 36.4 Å². The first-order valence-electron chi connectivity index (χ1n) is 7.62.